The number of carboxylic acids is 1. The van der Waals surface area contributed by atoms with Crippen LogP contribution in [0, 0.1) is 0 Å². The third-order valence-corrected chi connectivity index (χ3v) is 2.31. The molecule has 1 aromatic heterocycles. The maximum absolute atomic E-state index is 10.8. The van der Waals surface area contributed by atoms with Crippen molar-refractivity contribution in [2.45, 2.75) is 18.9 Å². The largest absolute Gasteiger partial charge is 0.478 e. The van der Waals surface area contributed by atoms with Crippen LogP contribution < -0.4 is 5.32 Å². The molecule has 70 valence electrons. The fraction of sp³-hybridized carbons (Fsp3) is 0.500. The highest BCUT2D eigenvalue weighted by Gasteiger charge is 2.23. The summed E-state index contributed by atoms with van der Waals surface area (Å²) in [5.74, 6) is -0.919. The van der Waals surface area contributed by atoms with Crippen LogP contribution in [-0.2, 0) is 0 Å². The Morgan fingerprint density at radius 1 is 1.69 bits per heavy atom. The van der Waals surface area contributed by atoms with Crippen molar-refractivity contribution in [1.82, 2.24) is 15.5 Å². The average Bonchev–Trinajstić information content (AvgIpc) is 2.74. The maximum atomic E-state index is 10.8. The predicted octanol–water partition coefficient (Wildman–Crippen LogP) is 0.532. The van der Waals surface area contributed by atoms with Crippen molar-refractivity contribution in [3.8, 4) is 0 Å². The summed E-state index contributed by atoms with van der Waals surface area (Å²) in [4.78, 5) is 10.8. The second kappa shape index (κ2) is 3.18. The summed E-state index contributed by atoms with van der Waals surface area (Å²) >= 11 is 0. The lowest BCUT2D eigenvalue weighted by Crippen LogP contribution is -2.16. The van der Waals surface area contributed by atoms with Crippen molar-refractivity contribution in [3.63, 3.8) is 0 Å². The third kappa shape index (κ3) is 1.42. The summed E-state index contributed by atoms with van der Waals surface area (Å²) < 4.78 is 0. The van der Waals surface area contributed by atoms with E-state index in [4.69, 9.17) is 5.11 Å². The van der Waals surface area contributed by atoms with E-state index in [1.807, 2.05) is 0 Å². The number of carboxylic acid groups (broad SMARTS) is 1. The van der Waals surface area contributed by atoms with Gasteiger partial charge in [0.1, 0.15) is 5.56 Å². The minimum Gasteiger partial charge on any atom is -0.478 e. The van der Waals surface area contributed by atoms with Gasteiger partial charge in [0.25, 0.3) is 0 Å². The SMILES string of the molecule is O=C(O)c1cn[nH]c1C1CCCN1. The molecule has 1 aliphatic heterocycles. The molecule has 0 saturated carbocycles. The van der Waals surface area contributed by atoms with E-state index in [2.05, 4.69) is 15.5 Å². The molecule has 0 amide bonds. The van der Waals surface area contributed by atoms with Gasteiger partial charge in [0, 0.05) is 6.04 Å². The van der Waals surface area contributed by atoms with Gasteiger partial charge in [-0.15, -0.1) is 0 Å². The molecule has 5 nitrogen and oxygen atoms in total. The van der Waals surface area contributed by atoms with Gasteiger partial charge in [-0.25, -0.2) is 4.79 Å². The Balaban J connectivity index is 2.28. The zero-order chi connectivity index (χ0) is 9.26. The first kappa shape index (κ1) is 8.25. The number of aromatic carboxylic acids is 1. The lowest BCUT2D eigenvalue weighted by atomic mass is 10.1. The molecule has 0 aromatic carbocycles. The Kier molecular flexibility index (Phi) is 2.02. The van der Waals surface area contributed by atoms with Crippen LogP contribution in [0.15, 0.2) is 6.20 Å². The van der Waals surface area contributed by atoms with E-state index < -0.39 is 5.97 Å². The summed E-state index contributed by atoms with van der Waals surface area (Å²) in [6.07, 6.45) is 3.42. The monoisotopic (exact) mass is 181 g/mol. The number of aromatic nitrogens is 2. The van der Waals surface area contributed by atoms with Crippen LogP contribution in [0.1, 0.15) is 34.9 Å². The number of nitrogens with one attached hydrogen (secondary N) is 2. The second-order valence-electron chi connectivity index (χ2n) is 3.15. The fourth-order valence-corrected chi connectivity index (χ4v) is 1.66. The van der Waals surface area contributed by atoms with Crippen LogP contribution >= 0.6 is 0 Å². The second-order valence-corrected chi connectivity index (χ2v) is 3.15. The van der Waals surface area contributed by atoms with Crippen molar-refractivity contribution in [2.24, 2.45) is 0 Å². The molecule has 2 heterocycles. The number of carbonyl (C=O) groups is 1. The lowest BCUT2D eigenvalue weighted by Gasteiger charge is -2.07. The van der Waals surface area contributed by atoms with Crippen molar-refractivity contribution in [1.29, 1.82) is 0 Å². The number of aromatic amines is 1. The van der Waals surface area contributed by atoms with Gasteiger partial charge in [0.05, 0.1) is 11.9 Å². The Hall–Kier alpha value is -1.36. The summed E-state index contributed by atoms with van der Waals surface area (Å²) in [6, 6.07) is 0.133. The highest BCUT2D eigenvalue weighted by molar-refractivity contribution is 5.88. The molecule has 1 aliphatic rings. The quantitative estimate of drug-likeness (QED) is 0.622. The molecule has 1 unspecified atom stereocenters. The molecule has 0 bridgehead atoms. The van der Waals surface area contributed by atoms with E-state index in [1.54, 1.807) is 0 Å². The molecule has 0 spiro atoms. The van der Waals surface area contributed by atoms with Gasteiger partial charge >= 0.3 is 5.97 Å². The Morgan fingerprint density at radius 2 is 2.54 bits per heavy atom. The molecule has 3 N–H and O–H groups in total. The number of hydrogen-bond donors (Lipinski definition) is 3. The van der Waals surface area contributed by atoms with Gasteiger partial charge in [0.15, 0.2) is 0 Å². The first-order valence-corrected chi connectivity index (χ1v) is 4.29. The van der Waals surface area contributed by atoms with E-state index >= 15 is 0 Å². The van der Waals surface area contributed by atoms with E-state index in [9.17, 15) is 4.79 Å². The predicted molar refractivity (Wildman–Crippen MR) is 45.5 cm³/mol. The molecule has 5 heteroatoms. The molecule has 13 heavy (non-hydrogen) atoms. The smallest absolute Gasteiger partial charge is 0.339 e. The molecule has 1 aromatic rings. The Bertz CT molecular complexity index is 315. The van der Waals surface area contributed by atoms with Crippen LogP contribution in [0.5, 0.6) is 0 Å². The Morgan fingerprint density at radius 3 is 3.15 bits per heavy atom. The number of rotatable bonds is 2. The van der Waals surface area contributed by atoms with Crippen LogP contribution in [0.25, 0.3) is 0 Å². The molecule has 2 rings (SSSR count). The highest BCUT2D eigenvalue weighted by Crippen LogP contribution is 2.23. The average molecular weight is 181 g/mol. The summed E-state index contributed by atoms with van der Waals surface area (Å²) in [5.41, 5.74) is 0.976. The van der Waals surface area contributed by atoms with Crippen molar-refractivity contribution < 1.29 is 9.90 Å². The standard InChI is InChI=1S/C8H11N3O2/c12-8(13)5-4-10-11-7(5)6-2-1-3-9-6/h4,6,9H,1-3H2,(H,10,11)(H,12,13). The Labute approximate surface area is 75.2 Å². The van der Waals surface area contributed by atoms with Gasteiger partial charge in [-0.05, 0) is 19.4 Å². The van der Waals surface area contributed by atoms with Gasteiger partial charge in [-0.1, -0.05) is 0 Å². The zero-order valence-electron chi connectivity index (χ0n) is 7.08. The third-order valence-electron chi connectivity index (χ3n) is 2.31. The van der Waals surface area contributed by atoms with Crippen LogP contribution in [-0.4, -0.2) is 27.8 Å². The fourth-order valence-electron chi connectivity index (χ4n) is 1.66. The van der Waals surface area contributed by atoms with E-state index in [0.717, 1.165) is 19.4 Å². The normalized spacial score (nSPS) is 22.0. The van der Waals surface area contributed by atoms with Crippen LogP contribution in [0.3, 0.4) is 0 Å². The van der Waals surface area contributed by atoms with Gasteiger partial charge in [0.2, 0.25) is 0 Å². The first-order valence-electron chi connectivity index (χ1n) is 4.29. The number of hydrogen-bond acceptors (Lipinski definition) is 3. The minimum atomic E-state index is -0.919. The zero-order valence-corrected chi connectivity index (χ0v) is 7.08. The molecule has 1 fully saturated rings. The molecule has 0 radical (unpaired) electrons. The lowest BCUT2D eigenvalue weighted by molar-refractivity contribution is 0.0695. The van der Waals surface area contributed by atoms with Gasteiger partial charge in [-0.3, -0.25) is 5.10 Å². The van der Waals surface area contributed by atoms with E-state index in [0.29, 0.717) is 5.69 Å². The summed E-state index contributed by atoms with van der Waals surface area (Å²) in [6.45, 7) is 0.947. The first-order chi connectivity index (χ1) is 6.29. The van der Waals surface area contributed by atoms with Crippen molar-refractivity contribution in [3.05, 3.63) is 17.5 Å². The summed E-state index contributed by atoms with van der Waals surface area (Å²) in [7, 11) is 0. The van der Waals surface area contributed by atoms with Gasteiger partial charge < -0.3 is 10.4 Å². The van der Waals surface area contributed by atoms with Gasteiger partial charge in [-0.2, -0.15) is 5.10 Å². The highest BCUT2D eigenvalue weighted by atomic mass is 16.4. The topological polar surface area (TPSA) is 78.0 Å². The van der Waals surface area contributed by atoms with E-state index in [-0.39, 0.29) is 11.6 Å². The molecule has 1 saturated heterocycles. The number of nitrogens with zero attached hydrogens (tertiary/aromatic N) is 1. The van der Waals surface area contributed by atoms with Crippen molar-refractivity contribution >= 4 is 5.97 Å². The molecule has 1 atom stereocenters. The molecular weight excluding hydrogens is 170 g/mol. The minimum absolute atomic E-state index is 0.133. The van der Waals surface area contributed by atoms with E-state index in [1.165, 1.54) is 6.20 Å². The molecular formula is C8H11N3O2. The maximum Gasteiger partial charge on any atom is 0.339 e. The van der Waals surface area contributed by atoms with Crippen molar-refractivity contribution in [2.75, 3.05) is 6.54 Å². The summed E-state index contributed by atoms with van der Waals surface area (Å²) in [5, 5.41) is 18.5. The van der Waals surface area contributed by atoms with Crippen LogP contribution in [0.2, 0.25) is 0 Å². The number of H-pyrrole nitrogens is 1. The molecule has 0 aliphatic carbocycles. The van der Waals surface area contributed by atoms with Crippen LogP contribution in [0.4, 0.5) is 0 Å².